The van der Waals surface area contributed by atoms with Gasteiger partial charge in [0.15, 0.2) is 0 Å². The number of benzene rings is 1. The van der Waals surface area contributed by atoms with E-state index >= 15 is 0 Å². The first-order valence-electron chi connectivity index (χ1n) is 5.23. The molecular formula is C12H16N2O. The van der Waals surface area contributed by atoms with E-state index in [0.29, 0.717) is 0 Å². The summed E-state index contributed by atoms with van der Waals surface area (Å²) in [5.41, 5.74) is 2.18. The van der Waals surface area contributed by atoms with E-state index in [1.807, 2.05) is 38.2 Å². The zero-order valence-electron chi connectivity index (χ0n) is 9.16. The lowest BCUT2D eigenvalue weighted by Gasteiger charge is -2.30. The maximum absolute atomic E-state index is 11.9. The molecule has 0 bridgehead atoms. The number of carbonyl (C=O) groups excluding carboxylic acids is 1. The third kappa shape index (κ3) is 2.02. The third-order valence-electron chi connectivity index (χ3n) is 2.88. The van der Waals surface area contributed by atoms with E-state index in [1.54, 1.807) is 4.90 Å². The molecule has 0 radical (unpaired) electrons. The highest BCUT2D eigenvalue weighted by molar-refractivity contribution is 5.95. The molecule has 0 aromatic heterocycles. The van der Waals surface area contributed by atoms with Gasteiger partial charge in [-0.05, 0) is 19.1 Å². The van der Waals surface area contributed by atoms with Gasteiger partial charge in [0.25, 0.3) is 0 Å². The molecule has 1 saturated heterocycles. The lowest BCUT2D eigenvalue weighted by molar-refractivity contribution is -0.123. The van der Waals surface area contributed by atoms with Crippen molar-refractivity contribution in [3.05, 3.63) is 29.8 Å². The van der Waals surface area contributed by atoms with E-state index in [-0.39, 0.29) is 11.8 Å². The number of aryl methyl sites for hydroxylation is 1. The first kappa shape index (κ1) is 10.2. The normalized spacial score (nSPS) is 15.9. The summed E-state index contributed by atoms with van der Waals surface area (Å²) in [5, 5.41) is 3.11. The Labute approximate surface area is 90.1 Å². The quantitative estimate of drug-likeness (QED) is 0.784. The zero-order chi connectivity index (χ0) is 10.8. The van der Waals surface area contributed by atoms with Crippen LogP contribution < -0.4 is 10.2 Å². The highest BCUT2D eigenvalue weighted by Crippen LogP contribution is 2.17. The molecule has 15 heavy (non-hydrogen) atoms. The Morgan fingerprint density at radius 2 is 1.93 bits per heavy atom. The second-order valence-corrected chi connectivity index (χ2v) is 4.09. The second kappa shape index (κ2) is 4.03. The fraction of sp³-hybridized carbons (Fsp3) is 0.417. The molecule has 1 aromatic rings. The van der Waals surface area contributed by atoms with Gasteiger partial charge in [0.2, 0.25) is 5.91 Å². The maximum atomic E-state index is 11.9. The standard InChI is InChI=1S/C12H16N2O/c1-9-3-5-11(6-4-9)14(2)12(15)10-7-13-8-10/h3-6,10,13H,7-8H2,1-2H3. The van der Waals surface area contributed by atoms with Gasteiger partial charge in [-0.3, -0.25) is 4.79 Å². The van der Waals surface area contributed by atoms with Crippen molar-refractivity contribution in [1.29, 1.82) is 0 Å². The Kier molecular flexibility index (Phi) is 2.73. The van der Waals surface area contributed by atoms with Crippen LogP contribution in [-0.2, 0) is 4.79 Å². The Bertz CT molecular complexity index is 354. The van der Waals surface area contributed by atoms with Gasteiger partial charge in [0.05, 0.1) is 5.92 Å². The van der Waals surface area contributed by atoms with Crippen molar-refractivity contribution >= 4 is 11.6 Å². The molecule has 3 heteroatoms. The molecule has 2 rings (SSSR count). The molecule has 1 aromatic carbocycles. The molecule has 1 amide bonds. The fourth-order valence-electron chi connectivity index (χ4n) is 1.63. The van der Waals surface area contributed by atoms with Gasteiger partial charge in [0, 0.05) is 25.8 Å². The number of amides is 1. The first-order chi connectivity index (χ1) is 7.18. The number of anilines is 1. The summed E-state index contributed by atoms with van der Waals surface area (Å²) in [7, 11) is 1.84. The number of hydrogen-bond donors (Lipinski definition) is 1. The first-order valence-corrected chi connectivity index (χ1v) is 5.23. The Morgan fingerprint density at radius 1 is 1.33 bits per heavy atom. The number of nitrogens with zero attached hydrogens (tertiary/aromatic N) is 1. The predicted octanol–water partition coefficient (Wildman–Crippen LogP) is 1.18. The van der Waals surface area contributed by atoms with Crippen molar-refractivity contribution in [2.75, 3.05) is 25.0 Å². The van der Waals surface area contributed by atoms with Crippen molar-refractivity contribution in [3.8, 4) is 0 Å². The summed E-state index contributed by atoms with van der Waals surface area (Å²) >= 11 is 0. The van der Waals surface area contributed by atoms with Crippen molar-refractivity contribution in [2.45, 2.75) is 6.92 Å². The SMILES string of the molecule is Cc1ccc(N(C)C(=O)C2CNC2)cc1. The van der Waals surface area contributed by atoms with Crippen LogP contribution in [-0.4, -0.2) is 26.0 Å². The lowest BCUT2D eigenvalue weighted by atomic mass is 10.0. The zero-order valence-corrected chi connectivity index (χ0v) is 9.16. The molecule has 1 N–H and O–H groups in total. The van der Waals surface area contributed by atoms with E-state index in [1.165, 1.54) is 5.56 Å². The maximum Gasteiger partial charge on any atom is 0.232 e. The van der Waals surface area contributed by atoms with Gasteiger partial charge in [-0.1, -0.05) is 17.7 Å². The van der Waals surface area contributed by atoms with Crippen LogP contribution in [0.3, 0.4) is 0 Å². The van der Waals surface area contributed by atoms with Gasteiger partial charge < -0.3 is 10.2 Å². The van der Waals surface area contributed by atoms with Crippen LogP contribution in [0, 0.1) is 12.8 Å². The summed E-state index contributed by atoms with van der Waals surface area (Å²) in [6.07, 6.45) is 0. The van der Waals surface area contributed by atoms with Crippen molar-refractivity contribution < 1.29 is 4.79 Å². The average Bonchev–Trinajstić information content (AvgIpc) is 2.15. The molecular weight excluding hydrogens is 188 g/mol. The minimum absolute atomic E-state index is 0.163. The summed E-state index contributed by atoms with van der Waals surface area (Å²) < 4.78 is 0. The summed E-state index contributed by atoms with van der Waals surface area (Å²) in [6, 6.07) is 8.02. The van der Waals surface area contributed by atoms with Crippen LogP contribution in [0.15, 0.2) is 24.3 Å². The highest BCUT2D eigenvalue weighted by atomic mass is 16.2. The van der Waals surface area contributed by atoms with E-state index in [4.69, 9.17) is 0 Å². The Morgan fingerprint density at radius 3 is 2.40 bits per heavy atom. The molecule has 0 aliphatic carbocycles. The summed E-state index contributed by atoms with van der Waals surface area (Å²) in [5.74, 6) is 0.369. The molecule has 1 heterocycles. The average molecular weight is 204 g/mol. The fourth-order valence-corrected chi connectivity index (χ4v) is 1.63. The van der Waals surface area contributed by atoms with Crippen LogP contribution >= 0.6 is 0 Å². The number of nitrogens with one attached hydrogen (secondary N) is 1. The molecule has 80 valence electrons. The Hall–Kier alpha value is -1.35. The molecule has 1 aliphatic rings. The monoisotopic (exact) mass is 204 g/mol. The van der Waals surface area contributed by atoms with Crippen molar-refractivity contribution in [3.63, 3.8) is 0 Å². The van der Waals surface area contributed by atoms with Crippen LogP contribution in [0.1, 0.15) is 5.56 Å². The molecule has 0 unspecified atom stereocenters. The van der Waals surface area contributed by atoms with Gasteiger partial charge in [-0.25, -0.2) is 0 Å². The summed E-state index contributed by atoms with van der Waals surface area (Å²) in [6.45, 7) is 3.67. The number of rotatable bonds is 2. The molecule has 0 spiro atoms. The largest absolute Gasteiger partial charge is 0.315 e. The topological polar surface area (TPSA) is 32.3 Å². The lowest BCUT2D eigenvalue weighted by Crippen LogP contribution is -2.51. The van der Waals surface area contributed by atoms with E-state index in [9.17, 15) is 4.79 Å². The van der Waals surface area contributed by atoms with Crippen LogP contribution in [0.2, 0.25) is 0 Å². The van der Waals surface area contributed by atoms with E-state index in [0.717, 1.165) is 18.8 Å². The highest BCUT2D eigenvalue weighted by Gasteiger charge is 2.27. The summed E-state index contributed by atoms with van der Waals surface area (Å²) in [4.78, 5) is 13.6. The van der Waals surface area contributed by atoms with Crippen LogP contribution in [0.4, 0.5) is 5.69 Å². The van der Waals surface area contributed by atoms with Crippen molar-refractivity contribution in [1.82, 2.24) is 5.32 Å². The minimum Gasteiger partial charge on any atom is -0.315 e. The van der Waals surface area contributed by atoms with Gasteiger partial charge >= 0.3 is 0 Å². The smallest absolute Gasteiger partial charge is 0.232 e. The van der Waals surface area contributed by atoms with Gasteiger partial charge in [-0.2, -0.15) is 0 Å². The van der Waals surface area contributed by atoms with Crippen molar-refractivity contribution in [2.24, 2.45) is 5.92 Å². The predicted molar refractivity (Wildman–Crippen MR) is 60.9 cm³/mol. The van der Waals surface area contributed by atoms with Crippen LogP contribution in [0.5, 0.6) is 0 Å². The van der Waals surface area contributed by atoms with Crippen LogP contribution in [0.25, 0.3) is 0 Å². The Balaban J connectivity index is 2.09. The molecule has 0 atom stereocenters. The van der Waals surface area contributed by atoms with Gasteiger partial charge in [-0.15, -0.1) is 0 Å². The van der Waals surface area contributed by atoms with Gasteiger partial charge in [0.1, 0.15) is 0 Å². The van der Waals surface area contributed by atoms with E-state index in [2.05, 4.69) is 5.32 Å². The number of carbonyl (C=O) groups is 1. The minimum atomic E-state index is 0.163. The third-order valence-corrected chi connectivity index (χ3v) is 2.88. The molecule has 1 aliphatic heterocycles. The number of hydrogen-bond acceptors (Lipinski definition) is 2. The molecule has 0 saturated carbocycles. The molecule has 3 nitrogen and oxygen atoms in total. The molecule has 1 fully saturated rings. The second-order valence-electron chi connectivity index (χ2n) is 4.09. The van der Waals surface area contributed by atoms with E-state index < -0.39 is 0 Å².